The van der Waals surface area contributed by atoms with Gasteiger partial charge < -0.3 is 20.3 Å². The Morgan fingerprint density at radius 3 is 2.65 bits per heavy atom. The molecule has 126 valence electrons. The number of piperidine rings is 1. The highest BCUT2D eigenvalue weighted by Crippen LogP contribution is 2.20. The van der Waals surface area contributed by atoms with Gasteiger partial charge in [-0.3, -0.25) is 9.59 Å². The number of amides is 2. The first-order chi connectivity index (χ1) is 11.1. The van der Waals surface area contributed by atoms with Gasteiger partial charge in [0.25, 0.3) is 5.91 Å². The number of para-hydroxylation sites is 1. The van der Waals surface area contributed by atoms with E-state index in [9.17, 15) is 9.59 Å². The molecule has 0 bridgehead atoms. The maximum atomic E-state index is 12.4. The number of nitrogens with one attached hydrogen (secondary N) is 2. The number of methoxy groups -OCH3 is 1. The molecule has 1 heterocycles. The summed E-state index contributed by atoms with van der Waals surface area (Å²) >= 11 is 0. The summed E-state index contributed by atoms with van der Waals surface area (Å²) in [4.78, 5) is 26.9. The van der Waals surface area contributed by atoms with E-state index in [1.807, 2.05) is 6.07 Å². The van der Waals surface area contributed by atoms with Crippen LogP contribution in [0.2, 0.25) is 0 Å². The Kier molecular flexibility index (Phi) is 6.55. The molecule has 0 aromatic heterocycles. The molecule has 1 fully saturated rings. The van der Waals surface area contributed by atoms with Crippen LogP contribution >= 0.6 is 0 Å². The van der Waals surface area contributed by atoms with Gasteiger partial charge in [0.15, 0.2) is 0 Å². The summed E-state index contributed by atoms with van der Waals surface area (Å²) in [5, 5.41) is 5.69. The van der Waals surface area contributed by atoms with Gasteiger partial charge in [0.1, 0.15) is 0 Å². The molecule has 1 saturated heterocycles. The van der Waals surface area contributed by atoms with E-state index < -0.39 is 0 Å². The van der Waals surface area contributed by atoms with Crippen molar-refractivity contribution in [3.63, 3.8) is 0 Å². The first kappa shape index (κ1) is 17.4. The predicted octanol–water partition coefficient (Wildman–Crippen LogP) is 1.34. The van der Waals surface area contributed by atoms with E-state index in [0.29, 0.717) is 24.4 Å². The molecule has 1 aliphatic heterocycles. The lowest BCUT2D eigenvalue weighted by molar-refractivity contribution is -0.121. The van der Waals surface area contributed by atoms with E-state index in [-0.39, 0.29) is 17.7 Å². The fourth-order valence-corrected chi connectivity index (χ4v) is 2.66. The van der Waals surface area contributed by atoms with Crippen molar-refractivity contribution in [2.45, 2.75) is 12.8 Å². The molecular formula is C17H25N3O3. The van der Waals surface area contributed by atoms with Crippen molar-refractivity contribution < 1.29 is 14.3 Å². The van der Waals surface area contributed by atoms with Crippen molar-refractivity contribution in [1.82, 2.24) is 10.2 Å². The van der Waals surface area contributed by atoms with E-state index in [0.717, 1.165) is 25.9 Å². The lowest BCUT2D eigenvalue weighted by Gasteiger charge is -2.28. The molecule has 0 aliphatic carbocycles. The lowest BCUT2D eigenvalue weighted by Crippen LogP contribution is -2.36. The van der Waals surface area contributed by atoms with Gasteiger partial charge >= 0.3 is 0 Å². The van der Waals surface area contributed by atoms with Crippen LogP contribution in [0.15, 0.2) is 24.3 Å². The Labute approximate surface area is 137 Å². The predicted molar refractivity (Wildman–Crippen MR) is 89.5 cm³/mol. The number of ether oxygens (including phenoxy) is 1. The molecule has 0 unspecified atom stereocenters. The molecular weight excluding hydrogens is 294 g/mol. The Morgan fingerprint density at radius 1 is 1.26 bits per heavy atom. The number of hydrogen-bond acceptors (Lipinski definition) is 4. The van der Waals surface area contributed by atoms with Crippen molar-refractivity contribution >= 4 is 17.5 Å². The van der Waals surface area contributed by atoms with E-state index in [2.05, 4.69) is 22.6 Å². The summed E-state index contributed by atoms with van der Waals surface area (Å²) in [6, 6.07) is 7.08. The van der Waals surface area contributed by atoms with Gasteiger partial charge in [0.2, 0.25) is 5.91 Å². The molecule has 6 nitrogen and oxygen atoms in total. The van der Waals surface area contributed by atoms with Crippen LogP contribution in [0.5, 0.6) is 0 Å². The van der Waals surface area contributed by atoms with E-state index in [4.69, 9.17) is 4.74 Å². The molecule has 0 saturated carbocycles. The third-order valence-corrected chi connectivity index (χ3v) is 4.11. The van der Waals surface area contributed by atoms with Gasteiger partial charge in [-0.2, -0.15) is 0 Å². The number of hydrogen-bond donors (Lipinski definition) is 2. The number of rotatable bonds is 6. The summed E-state index contributed by atoms with van der Waals surface area (Å²) in [7, 11) is 3.65. The number of likely N-dealkylation sites (tertiary alicyclic amines) is 1. The highest BCUT2D eigenvalue weighted by molar-refractivity contribution is 6.04. The van der Waals surface area contributed by atoms with Crippen molar-refractivity contribution in [2.24, 2.45) is 5.92 Å². The third kappa shape index (κ3) is 5.04. The molecule has 0 radical (unpaired) electrons. The highest BCUT2D eigenvalue weighted by Gasteiger charge is 2.24. The molecule has 0 atom stereocenters. The number of benzene rings is 1. The summed E-state index contributed by atoms with van der Waals surface area (Å²) < 4.78 is 4.92. The number of anilines is 1. The second kappa shape index (κ2) is 8.64. The van der Waals surface area contributed by atoms with Crippen LogP contribution in [-0.2, 0) is 9.53 Å². The third-order valence-electron chi connectivity index (χ3n) is 4.11. The fourth-order valence-electron chi connectivity index (χ4n) is 2.66. The smallest absolute Gasteiger partial charge is 0.253 e. The van der Waals surface area contributed by atoms with Gasteiger partial charge in [-0.25, -0.2) is 0 Å². The lowest BCUT2D eigenvalue weighted by atomic mass is 9.96. The molecule has 2 amide bonds. The first-order valence-electron chi connectivity index (χ1n) is 7.97. The summed E-state index contributed by atoms with van der Waals surface area (Å²) in [6.45, 7) is 2.75. The normalized spacial score (nSPS) is 16.1. The molecule has 0 spiro atoms. The molecule has 1 aromatic carbocycles. The second-order valence-corrected chi connectivity index (χ2v) is 5.86. The summed E-state index contributed by atoms with van der Waals surface area (Å²) in [5.41, 5.74) is 1.04. The molecule has 2 N–H and O–H groups in total. The number of carbonyl (C=O) groups excluding carboxylic acids is 2. The molecule has 2 rings (SSSR count). The Balaban J connectivity index is 1.99. The second-order valence-electron chi connectivity index (χ2n) is 5.86. The van der Waals surface area contributed by atoms with Crippen molar-refractivity contribution in [3.05, 3.63) is 29.8 Å². The Morgan fingerprint density at radius 2 is 1.96 bits per heavy atom. The van der Waals surface area contributed by atoms with Crippen molar-refractivity contribution in [1.29, 1.82) is 0 Å². The maximum Gasteiger partial charge on any atom is 0.253 e. The standard InChI is InChI=1S/C17H25N3O3/c1-20-10-7-13(8-11-20)16(21)19-15-6-4-3-5-14(15)17(22)18-9-12-23-2/h3-6,13H,7-12H2,1-2H3,(H,18,22)(H,19,21). The topological polar surface area (TPSA) is 70.7 Å². The molecule has 1 aromatic rings. The first-order valence-corrected chi connectivity index (χ1v) is 7.97. The van der Waals surface area contributed by atoms with Crippen LogP contribution in [0.1, 0.15) is 23.2 Å². The largest absolute Gasteiger partial charge is 0.383 e. The zero-order chi connectivity index (χ0) is 16.7. The monoisotopic (exact) mass is 319 g/mol. The van der Waals surface area contributed by atoms with Gasteiger partial charge in [0, 0.05) is 19.6 Å². The van der Waals surface area contributed by atoms with Crippen LogP contribution in [0.3, 0.4) is 0 Å². The summed E-state index contributed by atoms with van der Waals surface area (Å²) in [6.07, 6.45) is 1.70. The SMILES string of the molecule is COCCNC(=O)c1ccccc1NC(=O)C1CCN(C)CC1. The minimum Gasteiger partial charge on any atom is -0.383 e. The fraction of sp³-hybridized carbons (Fsp3) is 0.529. The molecule has 23 heavy (non-hydrogen) atoms. The number of nitrogens with zero attached hydrogens (tertiary/aromatic N) is 1. The van der Waals surface area contributed by atoms with Gasteiger partial charge in [0.05, 0.1) is 17.9 Å². The number of carbonyl (C=O) groups is 2. The van der Waals surface area contributed by atoms with Crippen LogP contribution in [0.4, 0.5) is 5.69 Å². The average Bonchev–Trinajstić information content (AvgIpc) is 2.56. The van der Waals surface area contributed by atoms with Crippen molar-refractivity contribution in [3.8, 4) is 0 Å². The van der Waals surface area contributed by atoms with Crippen LogP contribution < -0.4 is 10.6 Å². The van der Waals surface area contributed by atoms with Crippen molar-refractivity contribution in [2.75, 3.05) is 45.7 Å². The quantitative estimate of drug-likeness (QED) is 0.776. The zero-order valence-corrected chi connectivity index (χ0v) is 13.8. The van der Waals surface area contributed by atoms with Crippen LogP contribution in [0, 0.1) is 5.92 Å². The van der Waals surface area contributed by atoms with Gasteiger partial charge in [-0.05, 0) is 45.1 Å². The minimum atomic E-state index is -0.207. The van der Waals surface area contributed by atoms with E-state index >= 15 is 0 Å². The maximum absolute atomic E-state index is 12.4. The average molecular weight is 319 g/mol. The Hall–Kier alpha value is -1.92. The zero-order valence-electron chi connectivity index (χ0n) is 13.8. The van der Waals surface area contributed by atoms with Crippen LogP contribution in [0.25, 0.3) is 0 Å². The van der Waals surface area contributed by atoms with E-state index in [1.54, 1.807) is 25.3 Å². The van der Waals surface area contributed by atoms with E-state index in [1.165, 1.54) is 0 Å². The molecule has 6 heteroatoms. The molecule has 1 aliphatic rings. The highest BCUT2D eigenvalue weighted by atomic mass is 16.5. The van der Waals surface area contributed by atoms with Gasteiger partial charge in [-0.1, -0.05) is 12.1 Å². The van der Waals surface area contributed by atoms with Crippen LogP contribution in [-0.4, -0.2) is 57.1 Å². The summed E-state index contributed by atoms with van der Waals surface area (Å²) in [5.74, 6) is -0.202. The minimum absolute atomic E-state index is 0.00441. The Bertz CT molecular complexity index is 540. The van der Waals surface area contributed by atoms with Gasteiger partial charge in [-0.15, -0.1) is 0 Å².